The number of imidazole rings is 1. The Morgan fingerprint density at radius 1 is 1.04 bits per heavy atom. The van der Waals surface area contributed by atoms with Crippen LogP contribution in [0.15, 0.2) is 49.2 Å². The second-order valence-corrected chi connectivity index (χ2v) is 6.26. The second-order valence-electron chi connectivity index (χ2n) is 6.26. The fourth-order valence-corrected chi connectivity index (χ4v) is 3.30. The smallest absolute Gasteiger partial charge is 0.166 e. The zero-order chi connectivity index (χ0) is 17.7. The van der Waals surface area contributed by atoms with Crippen LogP contribution in [0, 0.1) is 13.8 Å². The fraction of sp³-hybridized carbons (Fsp3) is 0.167. The van der Waals surface area contributed by atoms with Gasteiger partial charge in [0, 0.05) is 23.8 Å². The molecule has 0 amide bonds. The van der Waals surface area contributed by atoms with Gasteiger partial charge in [0.05, 0.1) is 24.0 Å². The van der Waals surface area contributed by atoms with Gasteiger partial charge in [-0.15, -0.1) is 0 Å². The number of fused-ring (bicyclic) bond motifs is 2. The molecule has 128 valence electrons. The van der Waals surface area contributed by atoms with Gasteiger partial charge >= 0.3 is 0 Å². The average molecular weight is 344 g/mol. The van der Waals surface area contributed by atoms with Gasteiger partial charge in [-0.05, 0) is 32.0 Å². The molecule has 0 aromatic carbocycles. The molecule has 0 aliphatic rings. The second kappa shape index (κ2) is 5.48. The topological polar surface area (TPSA) is 78.2 Å². The molecule has 0 spiro atoms. The van der Waals surface area contributed by atoms with Crippen molar-refractivity contribution in [1.29, 1.82) is 0 Å². The molecule has 0 aliphatic carbocycles. The van der Waals surface area contributed by atoms with E-state index in [4.69, 9.17) is 0 Å². The van der Waals surface area contributed by atoms with E-state index in [-0.39, 0.29) is 0 Å². The first-order valence-electron chi connectivity index (χ1n) is 8.32. The van der Waals surface area contributed by atoms with Crippen molar-refractivity contribution in [3.05, 3.63) is 66.3 Å². The van der Waals surface area contributed by atoms with Crippen LogP contribution in [0.2, 0.25) is 0 Å². The third kappa shape index (κ3) is 2.19. The first-order chi connectivity index (χ1) is 12.7. The highest BCUT2D eigenvalue weighted by Crippen LogP contribution is 2.23. The molecule has 5 heterocycles. The molecule has 5 rings (SSSR count). The SMILES string of the molecule is Cc1cc(C)n2ncc(-c3nccn3Cc3cccc4ncnn34)c2n1. The Hall–Kier alpha value is -3.55. The van der Waals surface area contributed by atoms with E-state index >= 15 is 0 Å². The third-order valence-electron chi connectivity index (χ3n) is 4.45. The number of nitrogens with zero attached hydrogens (tertiary/aromatic N) is 8. The van der Waals surface area contributed by atoms with E-state index in [2.05, 4.69) is 29.7 Å². The lowest BCUT2D eigenvalue weighted by Crippen LogP contribution is -2.07. The predicted molar refractivity (Wildman–Crippen MR) is 95.8 cm³/mol. The number of hydrogen-bond donors (Lipinski definition) is 0. The van der Waals surface area contributed by atoms with Gasteiger partial charge in [-0.3, -0.25) is 0 Å². The van der Waals surface area contributed by atoms with Crippen molar-refractivity contribution in [2.24, 2.45) is 0 Å². The van der Waals surface area contributed by atoms with Crippen LogP contribution < -0.4 is 0 Å². The summed E-state index contributed by atoms with van der Waals surface area (Å²) in [6, 6.07) is 7.97. The van der Waals surface area contributed by atoms with Gasteiger partial charge < -0.3 is 4.57 Å². The molecule has 0 bridgehead atoms. The Balaban J connectivity index is 1.63. The highest BCUT2D eigenvalue weighted by molar-refractivity contribution is 5.72. The van der Waals surface area contributed by atoms with Gasteiger partial charge in [0.25, 0.3) is 0 Å². The fourth-order valence-electron chi connectivity index (χ4n) is 3.30. The molecule has 0 saturated heterocycles. The maximum atomic E-state index is 4.66. The van der Waals surface area contributed by atoms with Crippen LogP contribution in [-0.2, 0) is 6.54 Å². The van der Waals surface area contributed by atoms with Crippen LogP contribution in [0.1, 0.15) is 17.1 Å². The molecule has 26 heavy (non-hydrogen) atoms. The average Bonchev–Trinajstić information content (AvgIpc) is 3.33. The summed E-state index contributed by atoms with van der Waals surface area (Å²) in [5.41, 5.74) is 5.58. The van der Waals surface area contributed by atoms with Crippen molar-refractivity contribution >= 4 is 11.3 Å². The summed E-state index contributed by atoms with van der Waals surface area (Å²) in [5.74, 6) is 0.828. The number of hydrogen-bond acceptors (Lipinski definition) is 5. The molecule has 8 heteroatoms. The van der Waals surface area contributed by atoms with E-state index in [0.717, 1.165) is 39.8 Å². The Morgan fingerprint density at radius 2 is 1.96 bits per heavy atom. The van der Waals surface area contributed by atoms with Gasteiger partial charge in [-0.2, -0.15) is 10.2 Å². The minimum absolute atomic E-state index is 0.623. The quantitative estimate of drug-likeness (QED) is 0.502. The van der Waals surface area contributed by atoms with Gasteiger partial charge in [-0.25, -0.2) is 24.0 Å². The minimum atomic E-state index is 0.623. The molecule has 5 aromatic rings. The van der Waals surface area contributed by atoms with Crippen molar-refractivity contribution in [3.63, 3.8) is 0 Å². The summed E-state index contributed by atoms with van der Waals surface area (Å²) in [4.78, 5) is 13.5. The number of pyridine rings is 1. The monoisotopic (exact) mass is 344 g/mol. The number of aromatic nitrogens is 8. The Morgan fingerprint density at radius 3 is 2.88 bits per heavy atom. The maximum Gasteiger partial charge on any atom is 0.166 e. The summed E-state index contributed by atoms with van der Waals surface area (Å²) in [7, 11) is 0. The van der Waals surface area contributed by atoms with Crippen molar-refractivity contribution in [1.82, 2.24) is 38.7 Å². The van der Waals surface area contributed by atoms with Crippen molar-refractivity contribution in [2.45, 2.75) is 20.4 Å². The van der Waals surface area contributed by atoms with Crippen LogP contribution in [0.4, 0.5) is 0 Å². The molecule has 0 atom stereocenters. The summed E-state index contributed by atoms with van der Waals surface area (Å²) in [6.45, 7) is 4.64. The molecule has 5 aromatic heterocycles. The Bertz CT molecular complexity index is 1240. The first kappa shape index (κ1) is 14.8. The van der Waals surface area contributed by atoms with Crippen LogP contribution in [0.5, 0.6) is 0 Å². The predicted octanol–water partition coefficient (Wildman–Crippen LogP) is 2.30. The van der Waals surface area contributed by atoms with Gasteiger partial charge in [0.2, 0.25) is 0 Å². The lowest BCUT2D eigenvalue weighted by atomic mass is 10.2. The first-order valence-corrected chi connectivity index (χ1v) is 8.32. The third-order valence-corrected chi connectivity index (χ3v) is 4.45. The Kier molecular flexibility index (Phi) is 3.11. The number of aryl methyl sites for hydroxylation is 2. The molecule has 0 unspecified atom stereocenters. The molecule has 0 aliphatic heterocycles. The van der Waals surface area contributed by atoms with E-state index in [1.54, 1.807) is 12.5 Å². The van der Waals surface area contributed by atoms with E-state index in [0.29, 0.717) is 6.54 Å². The van der Waals surface area contributed by atoms with E-state index < -0.39 is 0 Å². The summed E-state index contributed by atoms with van der Waals surface area (Å²) in [5, 5.41) is 8.79. The van der Waals surface area contributed by atoms with Crippen molar-refractivity contribution in [2.75, 3.05) is 0 Å². The van der Waals surface area contributed by atoms with Crippen LogP contribution in [0.25, 0.3) is 22.7 Å². The summed E-state index contributed by atoms with van der Waals surface area (Å²) >= 11 is 0. The lowest BCUT2D eigenvalue weighted by Gasteiger charge is -2.09. The standard InChI is InChI=1S/C18H16N8/c1-12-8-13(2)25-18(23-12)15(9-21-25)17-19-6-7-24(17)10-14-4-3-5-16-20-11-22-26(14)16/h3-9,11H,10H2,1-2H3. The summed E-state index contributed by atoms with van der Waals surface area (Å²) in [6.07, 6.45) is 7.14. The molecular formula is C18H16N8. The highest BCUT2D eigenvalue weighted by Gasteiger charge is 2.15. The van der Waals surface area contributed by atoms with Crippen molar-refractivity contribution < 1.29 is 0 Å². The number of rotatable bonds is 3. The van der Waals surface area contributed by atoms with E-state index in [1.165, 1.54) is 0 Å². The van der Waals surface area contributed by atoms with Gasteiger partial charge in [0.1, 0.15) is 12.2 Å². The molecule has 8 nitrogen and oxygen atoms in total. The van der Waals surface area contributed by atoms with Crippen LogP contribution in [0.3, 0.4) is 0 Å². The minimum Gasteiger partial charge on any atom is -0.325 e. The Labute approximate surface area is 148 Å². The van der Waals surface area contributed by atoms with E-state index in [1.807, 2.05) is 59.5 Å². The van der Waals surface area contributed by atoms with Crippen molar-refractivity contribution in [3.8, 4) is 11.4 Å². The van der Waals surface area contributed by atoms with E-state index in [9.17, 15) is 0 Å². The molecule has 0 N–H and O–H groups in total. The molecule has 0 radical (unpaired) electrons. The normalized spacial score (nSPS) is 11.6. The largest absolute Gasteiger partial charge is 0.325 e. The van der Waals surface area contributed by atoms with Crippen LogP contribution in [-0.4, -0.2) is 38.7 Å². The van der Waals surface area contributed by atoms with Crippen LogP contribution >= 0.6 is 0 Å². The lowest BCUT2D eigenvalue weighted by molar-refractivity contribution is 0.741. The maximum absolute atomic E-state index is 4.66. The molecule has 0 saturated carbocycles. The summed E-state index contributed by atoms with van der Waals surface area (Å²) < 4.78 is 5.76. The van der Waals surface area contributed by atoms with Gasteiger partial charge in [-0.1, -0.05) is 6.07 Å². The molecule has 0 fully saturated rings. The zero-order valence-corrected chi connectivity index (χ0v) is 14.4. The van der Waals surface area contributed by atoms with Gasteiger partial charge in [0.15, 0.2) is 11.3 Å². The molecular weight excluding hydrogens is 328 g/mol. The zero-order valence-electron chi connectivity index (χ0n) is 14.4. The highest BCUT2D eigenvalue weighted by atomic mass is 15.3.